The van der Waals surface area contributed by atoms with Crippen molar-refractivity contribution in [3.63, 3.8) is 0 Å². The lowest BCUT2D eigenvalue weighted by Gasteiger charge is -2.29. The number of carbonyl (C=O) groups is 1. The number of pyridine rings is 2. The first-order chi connectivity index (χ1) is 15.0. The van der Waals surface area contributed by atoms with Gasteiger partial charge in [-0.2, -0.15) is 13.2 Å². The Bertz CT molecular complexity index is 1290. The van der Waals surface area contributed by atoms with E-state index in [1.807, 2.05) is 11.4 Å². The highest BCUT2D eigenvalue weighted by Gasteiger charge is 2.34. The van der Waals surface area contributed by atoms with Crippen LogP contribution in [0.15, 0.2) is 47.1 Å². The molecule has 0 aliphatic carbocycles. The van der Waals surface area contributed by atoms with E-state index < -0.39 is 32.7 Å². The van der Waals surface area contributed by atoms with E-state index in [-0.39, 0.29) is 17.1 Å². The van der Waals surface area contributed by atoms with Gasteiger partial charge in [-0.1, -0.05) is 0 Å². The molecule has 168 valence electrons. The average Bonchev–Trinajstić information content (AvgIpc) is 3.20. The molecule has 1 amide bonds. The first-order valence-electron chi connectivity index (χ1n) is 9.20. The molecule has 0 bridgehead atoms. The number of rotatable bonds is 4. The van der Waals surface area contributed by atoms with Crippen LogP contribution in [0, 0.1) is 0 Å². The van der Waals surface area contributed by atoms with Crippen LogP contribution in [0.2, 0.25) is 0 Å². The monoisotopic (exact) mass is 483 g/mol. The second kappa shape index (κ2) is 8.15. The summed E-state index contributed by atoms with van der Waals surface area (Å²) in [7, 11) is -4.13. The Morgan fingerprint density at radius 1 is 1.22 bits per heavy atom. The lowest BCUT2D eigenvalue weighted by Crippen LogP contribution is -2.32. The van der Waals surface area contributed by atoms with Gasteiger partial charge in [0.15, 0.2) is 5.03 Å². The molecule has 4 rings (SSSR count). The van der Waals surface area contributed by atoms with Crippen molar-refractivity contribution in [1.82, 2.24) is 9.97 Å². The summed E-state index contributed by atoms with van der Waals surface area (Å²) in [5.74, 6) is -0.769. The number of fused-ring (bicyclic) bond motifs is 1. The van der Waals surface area contributed by atoms with E-state index in [1.54, 1.807) is 16.2 Å². The fourth-order valence-electron chi connectivity index (χ4n) is 3.30. The molecule has 0 atom stereocenters. The Morgan fingerprint density at radius 3 is 2.72 bits per heavy atom. The molecule has 0 radical (unpaired) electrons. The Kier molecular flexibility index (Phi) is 5.65. The van der Waals surface area contributed by atoms with Crippen LogP contribution in [0.25, 0.3) is 0 Å². The third-order valence-corrected chi connectivity index (χ3v) is 6.66. The van der Waals surface area contributed by atoms with E-state index in [1.165, 1.54) is 10.9 Å². The average molecular weight is 483 g/mol. The number of carbonyl (C=O) groups excluding carboxylic acids is 1. The number of nitrogens with zero attached hydrogens (tertiary/aromatic N) is 3. The summed E-state index contributed by atoms with van der Waals surface area (Å²) in [6.07, 6.45) is -2.20. The van der Waals surface area contributed by atoms with E-state index in [9.17, 15) is 26.4 Å². The van der Waals surface area contributed by atoms with Gasteiger partial charge >= 0.3 is 6.18 Å². The molecule has 32 heavy (non-hydrogen) atoms. The molecule has 3 aromatic rings. The summed E-state index contributed by atoms with van der Waals surface area (Å²) >= 11 is 1.60. The Balaban J connectivity index is 1.70. The normalized spacial score (nSPS) is 14.2. The summed E-state index contributed by atoms with van der Waals surface area (Å²) in [5, 5.41) is 8.91. The van der Waals surface area contributed by atoms with Crippen molar-refractivity contribution in [1.29, 1.82) is 0 Å². The van der Waals surface area contributed by atoms with Crippen molar-refractivity contribution < 1.29 is 26.4 Å². The molecule has 4 heterocycles. The number of aromatic nitrogens is 2. The lowest BCUT2D eigenvalue weighted by molar-refractivity contribution is -0.137. The van der Waals surface area contributed by atoms with Gasteiger partial charge in [0.05, 0.1) is 11.1 Å². The topological polar surface area (TPSA) is 118 Å². The summed E-state index contributed by atoms with van der Waals surface area (Å²) in [5.41, 5.74) is -0.315. The number of sulfonamides is 1. The molecule has 0 fully saturated rings. The van der Waals surface area contributed by atoms with Crippen LogP contribution in [0.5, 0.6) is 0 Å². The van der Waals surface area contributed by atoms with E-state index in [0.717, 1.165) is 23.9 Å². The molecule has 0 aromatic carbocycles. The van der Waals surface area contributed by atoms with Crippen LogP contribution < -0.4 is 15.4 Å². The molecule has 0 saturated carbocycles. The minimum Gasteiger partial charge on any atom is -0.351 e. The van der Waals surface area contributed by atoms with E-state index >= 15 is 0 Å². The predicted molar refractivity (Wildman–Crippen MR) is 112 cm³/mol. The zero-order valence-electron chi connectivity index (χ0n) is 16.3. The molecule has 1 aliphatic heterocycles. The van der Waals surface area contributed by atoms with Crippen LogP contribution in [-0.4, -0.2) is 30.8 Å². The highest BCUT2D eigenvalue weighted by molar-refractivity contribution is 7.89. The quantitative estimate of drug-likeness (QED) is 0.589. The van der Waals surface area contributed by atoms with Crippen molar-refractivity contribution in [3.8, 4) is 0 Å². The molecule has 3 N–H and O–H groups in total. The highest BCUT2D eigenvalue weighted by atomic mass is 32.2. The summed E-state index contributed by atoms with van der Waals surface area (Å²) in [6.45, 7) is 0.888. The van der Waals surface area contributed by atoms with Gasteiger partial charge in [0.25, 0.3) is 15.9 Å². The van der Waals surface area contributed by atoms with Crippen molar-refractivity contribution >= 4 is 38.8 Å². The molecule has 0 unspecified atom stereocenters. The fraction of sp³-hybridized carbons (Fsp3) is 0.211. The number of alkyl halides is 3. The summed E-state index contributed by atoms with van der Waals surface area (Å²) in [4.78, 5) is 23.5. The van der Waals surface area contributed by atoms with Crippen LogP contribution in [0.1, 0.15) is 26.4 Å². The largest absolute Gasteiger partial charge is 0.417 e. The number of primary sulfonamides is 1. The first kappa shape index (κ1) is 22.2. The maximum absolute atomic E-state index is 13.3. The number of nitrogens with two attached hydrogens (primary N) is 1. The number of hydrogen-bond acceptors (Lipinski definition) is 7. The maximum atomic E-state index is 13.3. The van der Waals surface area contributed by atoms with E-state index in [2.05, 4.69) is 15.3 Å². The van der Waals surface area contributed by atoms with Crippen LogP contribution in [0.3, 0.4) is 0 Å². The van der Waals surface area contributed by atoms with E-state index in [4.69, 9.17) is 5.14 Å². The standard InChI is InChI=1S/C19H16F3N5O3S2/c20-19(21,22)12-7-14(18(28)26-13-1-4-24-16(8-13)32(23,29)30)17(25-9-12)27-5-2-15-11(10-27)3-6-31-15/h1,3-4,6-9H,2,5,10H2,(H2,23,29,30)(H,24,26,28). The molecular formula is C19H16F3N5O3S2. The van der Waals surface area contributed by atoms with Gasteiger partial charge in [0.1, 0.15) is 5.82 Å². The van der Waals surface area contributed by atoms with E-state index in [0.29, 0.717) is 25.7 Å². The summed E-state index contributed by atoms with van der Waals surface area (Å²) in [6, 6.07) is 4.99. The zero-order valence-corrected chi connectivity index (χ0v) is 17.9. The summed E-state index contributed by atoms with van der Waals surface area (Å²) < 4.78 is 62.9. The highest BCUT2D eigenvalue weighted by Crippen LogP contribution is 2.34. The first-order valence-corrected chi connectivity index (χ1v) is 11.6. The van der Waals surface area contributed by atoms with Crippen LogP contribution >= 0.6 is 11.3 Å². The minimum atomic E-state index is -4.69. The van der Waals surface area contributed by atoms with Crippen LogP contribution in [-0.2, 0) is 29.2 Å². The lowest BCUT2D eigenvalue weighted by atomic mass is 10.1. The fourth-order valence-corrected chi connectivity index (χ4v) is 4.69. The molecular weight excluding hydrogens is 467 g/mol. The van der Waals surface area contributed by atoms with Crippen molar-refractivity contribution in [2.24, 2.45) is 5.14 Å². The van der Waals surface area contributed by atoms with Crippen molar-refractivity contribution in [3.05, 3.63) is 63.6 Å². The second-order valence-electron chi connectivity index (χ2n) is 7.02. The number of nitrogens with one attached hydrogen (secondary N) is 1. The zero-order chi connectivity index (χ0) is 23.1. The molecule has 8 nitrogen and oxygen atoms in total. The van der Waals surface area contributed by atoms with Gasteiger partial charge in [-0.25, -0.2) is 23.5 Å². The number of anilines is 2. The number of hydrogen-bond donors (Lipinski definition) is 2. The maximum Gasteiger partial charge on any atom is 0.417 e. The predicted octanol–water partition coefficient (Wildman–Crippen LogP) is 3.02. The van der Waals surface area contributed by atoms with Gasteiger partial charge in [-0.15, -0.1) is 11.3 Å². The van der Waals surface area contributed by atoms with Gasteiger partial charge in [0.2, 0.25) is 0 Å². The minimum absolute atomic E-state index is 0.0103. The number of thiophene rings is 1. The Morgan fingerprint density at radius 2 is 2.00 bits per heavy atom. The molecule has 13 heteroatoms. The van der Waals surface area contributed by atoms with Gasteiger partial charge in [-0.05, 0) is 35.6 Å². The number of amides is 1. The third kappa shape index (κ3) is 4.59. The van der Waals surface area contributed by atoms with Gasteiger partial charge in [-0.3, -0.25) is 4.79 Å². The molecule has 3 aromatic heterocycles. The van der Waals surface area contributed by atoms with Crippen LogP contribution in [0.4, 0.5) is 24.7 Å². The Labute approximate surface area is 185 Å². The van der Waals surface area contributed by atoms with Crippen molar-refractivity contribution in [2.45, 2.75) is 24.2 Å². The molecule has 0 saturated heterocycles. The number of halogens is 3. The van der Waals surface area contributed by atoms with Gasteiger partial charge in [0, 0.05) is 42.1 Å². The smallest absolute Gasteiger partial charge is 0.351 e. The third-order valence-electron chi connectivity index (χ3n) is 4.83. The molecule has 1 aliphatic rings. The Hall–Kier alpha value is -3.03. The van der Waals surface area contributed by atoms with Gasteiger partial charge < -0.3 is 10.2 Å². The SMILES string of the molecule is NS(=O)(=O)c1cc(NC(=O)c2cc(C(F)(F)F)cnc2N2CCc3sccc3C2)ccn1. The second-order valence-corrected chi connectivity index (χ2v) is 9.52. The van der Waals surface area contributed by atoms with Crippen molar-refractivity contribution in [2.75, 3.05) is 16.8 Å². The molecule has 0 spiro atoms.